The number of rotatable bonds is 5. The third kappa shape index (κ3) is 3.46. The van der Waals surface area contributed by atoms with Crippen LogP contribution in [0.5, 0.6) is 0 Å². The van der Waals surface area contributed by atoms with E-state index in [1.165, 1.54) is 64.3 Å². The van der Waals surface area contributed by atoms with Crippen LogP contribution < -0.4 is 11.1 Å². The Labute approximate surface area is 94.0 Å². The first-order valence-corrected chi connectivity index (χ1v) is 6.78. The van der Waals surface area contributed by atoms with Crippen molar-refractivity contribution < 1.29 is 0 Å². The quantitative estimate of drug-likeness (QED) is 0.684. The Morgan fingerprint density at radius 3 is 2.40 bits per heavy atom. The van der Waals surface area contributed by atoms with Gasteiger partial charge in [0.15, 0.2) is 0 Å². The van der Waals surface area contributed by atoms with Gasteiger partial charge in [-0.05, 0) is 38.1 Å². The zero-order valence-corrected chi connectivity index (χ0v) is 9.93. The minimum absolute atomic E-state index is 0.159. The van der Waals surface area contributed by atoms with Gasteiger partial charge in [-0.2, -0.15) is 0 Å². The van der Waals surface area contributed by atoms with Crippen molar-refractivity contribution in [1.82, 2.24) is 5.32 Å². The van der Waals surface area contributed by atoms with E-state index in [0.717, 1.165) is 12.5 Å². The van der Waals surface area contributed by atoms with E-state index >= 15 is 0 Å². The molecule has 15 heavy (non-hydrogen) atoms. The summed E-state index contributed by atoms with van der Waals surface area (Å²) in [6.07, 6.45) is 12.5. The molecule has 0 amide bonds. The van der Waals surface area contributed by atoms with Crippen molar-refractivity contribution in [3.05, 3.63) is 0 Å². The molecule has 0 aliphatic heterocycles. The minimum atomic E-state index is 0.159. The molecule has 0 saturated heterocycles. The van der Waals surface area contributed by atoms with Crippen molar-refractivity contribution in [3.8, 4) is 0 Å². The van der Waals surface area contributed by atoms with Crippen LogP contribution in [-0.4, -0.2) is 18.6 Å². The van der Waals surface area contributed by atoms with Crippen LogP contribution in [0.15, 0.2) is 0 Å². The molecule has 2 aliphatic carbocycles. The van der Waals surface area contributed by atoms with Crippen LogP contribution in [0.1, 0.15) is 57.8 Å². The molecule has 0 aromatic heterocycles. The molecule has 0 heterocycles. The maximum Gasteiger partial charge on any atom is 0.0280 e. The highest BCUT2D eigenvalue weighted by Crippen LogP contribution is 2.28. The Morgan fingerprint density at radius 2 is 1.80 bits per heavy atom. The molecule has 0 aromatic carbocycles. The zero-order valence-electron chi connectivity index (χ0n) is 9.93. The SMILES string of the molecule is NC1(CNCCC2CCCCC2)CCC1. The van der Waals surface area contributed by atoms with Gasteiger partial charge in [-0.25, -0.2) is 0 Å². The second kappa shape index (κ2) is 5.31. The fraction of sp³-hybridized carbons (Fsp3) is 1.00. The van der Waals surface area contributed by atoms with E-state index in [4.69, 9.17) is 5.73 Å². The fourth-order valence-corrected chi connectivity index (χ4v) is 2.93. The molecule has 2 saturated carbocycles. The van der Waals surface area contributed by atoms with E-state index in [2.05, 4.69) is 5.32 Å². The van der Waals surface area contributed by atoms with Crippen LogP contribution in [0.4, 0.5) is 0 Å². The average molecular weight is 210 g/mol. The van der Waals surface area contributed by atoms with E-state index in [1.54, 1.807) is 0 Å². The van der Waals surface area contributed by atoms with Crippen LogP contribution >= 0.6 is 0 Å². The molecule has 2 rings (SSSR count). The predicted octanol–water partition coefficient (Wildman–Crippen LogP) is 2.43. The summed E-state index contributed by atoms with van der Waals surface area (Å²) in [4.78, 5) is 0. The van der Waals surface area contributed by atoms with Gasteiger partial charge in [-0.3, -0.25) is 0 Å². The number of hydrogen-bond acceptors (Lipinski definition) is 2. The highest BCUT2D eigenvalue weighted by molar-refractivity contribution is 4.94. The highest BCUT2D eigenvalue weighted by atomic mass is 14.9. The summed E-state index contributed by atoms with van der Waals surface area (Å²) >= 11 is 0. The molecule has 3 N–H and O–H groups in total. The Hall–Kier alpha value is -0.0800. The molecule has 0 radical (unpaired) electrons. The first-order valence-electron chi connectivity index (χ1n) is 6.78. The van der Waals surface area contributed by atoms with E-state index in [1.807, 2.05) is 0 Å². The smallest absolute Gasteiger partial charge is 0.0280 e. The molecule has 2 heteroatoms. The van der Waals surface area contributed by atoms with Crippen molar-refractivity contribution in [1.29, 1.82) is 0 Å². The van der Waals surface area contributed by atoms with E-state index in [0.29, 0.717) is 0 Å². The third-order valence-electron chi connectivity index (χ3n) is 4.28. The van der Waals surface area contributed by atoms with Gasteiger partial charge in [0.25, 0.3) is 0 Å². The lowest BCUT2D eigenvalue weighted by molar-refractivity contribution is 0.235. The molecule has 2 fully saturated rings. The number of nitrogens with two attached hydrogens (primary N) is 1. The molecular formula is C13H26N2. The zero-order chi connectivity index (χ0) is 10.6. The molecule has 0 atom stereocenters. The Balaban J connectivity index is 1.50. The molecular weight excluding hydrogens is 184 g/mol. The van der Waals surface area contributed by atoms with E-state index in [9.17, 15) is 0 Å². The molecule has 0 aromatic rings. The van der Waals surface area contributed by atoms with Gasteiger partial charge in [0.2, 0.25) is 0 Å². The van der Waals surface area contributed by atoms with E-state index < -0.39 is 0 Å². The van der Waals surface area contributed by atoms with Gasteiger partial charge in [0, 0.05) is 12.1 Å². The molecule has 0 bridgehead atoms. The summed E-state index contributed by atoms with van der Waals surface area (Å²) in [5, 5.41) is 3.55. The Morgan fingerprint density at radius 1 is 1.07 bits per heavy atom. The van der Waals surface area contributed by atoms with Gasteiger partial charge < -0.3 is 11.1 Å². The summed E-state index contributed by atoms with van der Waals surface area (Å²) in [6.45, 7) is 2.23. The lowest BCUT2D eigenvalue weighted by Crippen LogP contribution is -2.54. The second-order valence-electron chi connectivity index (χ2n) is 5.69. The van der Waals surface area contributed by atoms with Crippen molar-refractivity contribution >= 4 is 0 Å². The van der Waals surface area contributed by atoms with Gasteiger partial charge in [-0.1, -0.05) is 32.1 Å². The topological polar surface area (TPSA) is 38.0 Å². The molecule has 2 aliphatic rings. The predicted molar refractivity (Wildman–Crippen MR) is 64.8 cm³/mol. The van der Waals surface area contributed by atoms with Crippen molar-refractivity contribution in [2.75, 3.05) is 13.1 Å². The number of nitrogens with one attached hydrogen (secondary N) is 1. The Kier molecular flexibility index (Phi) is 4.04. The monoisotopic (exact) mass is 210 g/mol. The maximum atomic E-state index is 6.16. The van der Waals surface area contributed by atoms with Gasteiger partial charge in [-0.15, -0.1) is 0 Å². The largest absolute Gasteiger partial charge is 0.324 e. The maximum absolute atomic E-state index is 6.16. The van der Waals surface area contributed by atoms with Crippen molar-refractivity contribution in [3.63, 3.8) is 0 Å². The highest BCUT2D eigenvalue weighted by Gasteiger charge is 2.31. The standard InChI is InChI=1S/C13H26N2/c14-13(8-4-9-13)11-15-10-7-12-5-2-1-3-6-12/h12,15H,1-11,14H2. The summed E-state index contributed by atoms with van der Waals surface area (Å²) in [5.41, 5.74) is 6.32. The molecule has 0 spiro atoms. The molecule has 88 valence electrons. The summed E-state index contributed by atoms with van der Waals surface area (Å²) in [6, 6.07) is 0. The lowest BCUT2D eigenvalue weighted by Gasteiger charge is -2.38. The Bertz CT molecular complexity index is 181. The fourth-order valence-electron chi connectivity index (χ4n) is 2.93. The van der Waals surface area contributed by atoms with Crippen LogP contribution in [0, 0.1) is 5.92 Å². The van der Waals surface area contributed by atoms with Crippen LogP contribution in [0.3, 0.4) is 0 Å². The average Bonchev–Trinajstić information content (AvgIpc) is 2.23. The van der Waals surface area contributed by atoms with E-state index in [-0.39, 0.29) is 5.54 Å². The van der Waals surface area contributed by atoms with Crippen molar-refractivity contribution in [2.24, 2.45) is 11.7 Å². The molecule has 0 unspecified atom stereocenters. The van der Waals surface area contributed by atoms with Crippen LogP contribution in [0.2, 0.25) is 0 Å². The van der Waals surface area contributed by atoms with Crippen LogP contribution in [0.25, 0.3) is 0 Å². The minimum Gasteiger partial charge on any atom is -0.324 e. The molecule has 2 nitrogen and oxygen atoms in total. The first-order chi connectivity index (χ1) is 7.29. The summed E-state index contributed by atoms with van der Waals surface area (Å²) in [7, 11) is 0. The summed E-state index contributed by atoms with van der Waals surface area (Å²) < 4.78 is 0. The summed E-state index contributed by atoms with van der Waals surface area (Å²) in [5.74, 6) is 1.00. The van der Waals surface area contributed by atoms with Crippen molar-refractivity contribution in [2.45, 2.75) is 63.3 Å². The van der Waals surface area contributed by atoms with Crippen LogP contribution in [-0.2, 0) is 0 Å². The number of hydrogen-bond donors (Lipinski definition) is 2. The normalized spacial score (nSPS) is 26.2. The van der Waals surface area contributed by atoms with Gasteiger partial charge in [0.1, 0.15) is 0 Å². The lowest BCUT2D eigenvalue weighted by atomic mass is 9.77. The van der Waals surface area contributed by atoms with Gasteiger partial charge >= 0.3 is 0 Å². The third-order valence-corrected chi connectivity index (χ3v) is 4.28. The second-order valence-corrected chi connectivity index (χ2v) is 5.69. The van der Waals surface area contributed by atoms with Gasteiger partial charge in [0.05, 0.1) is 0 Å². The first kappa shape index (κ1) is 11.4.